The smallest absolute Gasteiger partial charge is 0.409 e. The van der Waals surface area contributed by atoms with Crippen molar-refractivity contribution >= 4 is 35.3 Å². The molecule has 1 aromatic rings. The fraction of sp³-hybridized carbons (Fsp3) is 0.606. The van der Waals surface area contributed by atoms with E-state index in [9.17, 15) is 24.6 Å². The van der Waals surface area contributed by atoms with Crippen molar-refractivity contribution in [1.82, 2.24) is 5.32 Å². The maximum Gasteiger partial charge on any atom is 0.409 e. The van der Waals surface area contributed by atoms with Crippen LogP contribution in [0.15, 0.2) is 35.9 Å². The van der Waals surface area contributed by atoms with Crippen LogP contribution in [-0.4, -0.2) is 91.3 Å². The van der Waals surface area contributed by atoms with Gasteiger partial charge in [-0.25, -0.2) is 9.59 Å². The molecule has 2 fully saturated rings. The van der Waals surface area contributed by atoms with Crippen molar-refractivity contribution in [3.05, 3.63) is 46.5 Å². The number of fused-ring (bicyclic) bond motifs is 5. The SMILES string of the molecule is COc1cc2cc(c1Cl)N(C)C(=O)CC(OC(=O)C(O)C(C)C)C1(C)OC1C(C)C1CC(O)(NC(=O)O1)C(OC)C=CC=C(C)C2. The zero-order chi connectivity index (χ0) is 34.1. The van der Waals surface area contributed by atoms with Crippen molar-refractivity contribution in [3.63, 3.8) is 0 Å². The average Bonchev–Trinajstić information content (AvgIpc) is 3.69. The first-order chi connectivity index (χ1) is 21.5. The third kappa shape index (κ3) is 7.36. The molecule has 254 valence electrons. The summed E-state index contributed by atoms with van der Waals surface area (Å²) in [4.78, 5) is 40.9. The second kappa shape index (κ2) is 13.9. The quantitative estimate of drug-likeness (QED) is 0.313. The summed E-state index contributed by atoms with van der Waals surface area (Å²) in [6.07, 6.45) is -0.386. The first-order valence-corrected chi connectivity index (χ1v) is 15.7. The van der Waals surface area contributed by atoms with Crippen LogP contribution >= 0.6 is 11.6 Å². The van der Waals surface area contributed by atoms with Gasteiger partial charge >= 0.3 is 12.1 Å². The lowest BCUT2D eigenvalue weighted by Gasteiger charge is -2.42. The van der Waals surface area contributed by atoms with Crippen LogP contribution in [0.2, 0.25) is 5.02 Å². The van der Waals surface area contributed by atoms with Gasteiger partial charge in [-0.1, -0.05) is 56.2 Å². The Balaban J connectivity index is 1.80. The molecule has 2 amide bonds. The van der Waals surface area contributed by atoms with Gasteiger partial charge in [0.1, 0.15) is 34.7 Å². The molecule has 2 saturated heterocycles. The number of amides is 2. The predicted molar refractivity (Wildman–Crippen MR) is 170 cm³/mol. The summed E-state index contributed by atoms with van der Waals surface area (Å²) < 4.78 is 28.7. The molecule has 46 heavy (non-hydrogen) atoms. The van der Waals surface area contributed by atoms with Gasteiger partial charge in [0.15, 0.2) is 11.8 Å². The van der Waals surface area contributed by atoms with Crippen LogP contribution < -0.4 is 15.0 Å². The molecule has 3 aliphatic rings. The number of halogens is 1. The molecule has 12 nitrogen and oxygen atoms in total. The number of hydrogen-bond donors (Lipinski definition) is 3. The molecule has 0 spiro atoms. The highest BCUT2D eigenvalue weighted by atomic mass is 35.5. The fourth-order valence-corrected chi connectivity index (χ4v) is 6.40. The van der Waals surface area contributed by atoms with Crippen LogP contribution in [0.3, 0.4) is 0 Å². The van der Waals surface area contributed by atoms with Crippen molar-refractivity contribution < 1.29 is 48.3 Å². The monoisotopic (exact) mass is 664 g/mol. The number of esters is 1. The average molecular weight is 665 g/mol. The van der Waals surface area contributed by atoms with Crippen LogP contribution in [-0.2, 0) is 35.0 Å². The van der Waals surface area contributed by atoms with E-state index in [4.69, 9.17) is 35.3 Å². The number of carbonyl (C=O) groups is 3. The van der Waals surface area contributed by atoms with E-state index in [0.29, 0.717) is 17.9 Å². The molecule has 3 aliphatic heterocycles. The largest absolute Gasteiger partial charge is 0.495 e. The van der Waals surface area contributed by atoms with Crippen molar-refractivity contribution in [2.24, 2.45) is 11.8 Å². The number of carbonyl (C=O) groups excluding carboxylic acids is 3. The molecule has 8 atom stereocenters. The summed E-state index contributed by atoms with van der Waals surface area (Å²) in [5.74, 6) is -1.88. The summed E-state index contributed by atoms with van der Waals surface area (Å²) in [5, 5.41) is 24.8. The Morgan fingerprint density at radius 1 is 1.24 bits per heavy atom. The number of nitrogens with zero attached hydrogens (tertiary/aromatic N) is 1. The van der Waals surface area contributed by atoms with Crippen LogP contribution in [0.4, 0.5) is 10.5 Å². The van der Waals surface area contributed by atoms with Crippen LogP contribution in [0, 0.1) is 11.8 Å². The number of benzene rings is 1. The van der Waals surface area contributed by atoms with Crippen molar-refractivity contribution in [3.8, 4) is 5.75 Å². The van der Waals surface area contributed by atoms with E-state index < -0.39 is 71.7 Å². The van der Waals surface area contributed by atoms with E-state index in [1.807, 2.05) is 13.0 Å². The van der Waals surface area contributed by atoms with E-state index in [0.717, 1.165) is 11.1 Å². The number of ether oxygens (including phenoxy) is 5. The Hall–Kier alpha value is -3.16. The van der Waals surface area contributed by atoms with Crippen LogP contribution in [0.5, 0.6) is 5.75 Å². The Kier molecular flexibility index (Phi) is 10.8. The van der Waals surface area contributed by atoms with Gasteiger partial charge in [-0.3, -0.25) is 10.1 Å². The molecule has 13 heteroatoms. The molecule has 8 unspecified atom stereocenters. The number of epoxide rings is 1. The zero-order valence-electron chi connectivity index (χ0n) is 27.5. The lowest BCUT2D eigenvalue weighted by molar-refractivity contribution is -0.165. The molecular formula is C33H45ClN2O10. The Morgan fingerprint density at radius 2 is 1.93 bits per heavy atom. The van der Waals surface area contributed by atoms with Gasteiger partial charge in [-0.05, 0) is 43.9 Å². The first kappa shape index (κ1) is 35.7. The zero-order valence-corrected chi connectivity index (χ0v) is 28.3. The van der Waals surface area contributed by atoms with E-state index in [1.54, 1.807) is 59.0 Å². The molecule has 0 saturated carbocycles. The number of aliphatic hydroxyl groups is 2. The normalized spacial score (nSPS) is 32.6. The van der Waals surface area contributed by atoms with Crippen molar-refractivity contribution in [2.45, 2.75) is 95.7 Å². The second-order valence-electron chi connectivity index (χ2n) is 12.9. The summed E-state index contributed by atoms with van der Waals surface area (Å²) in [7, 11) is 4.48. The van der Waals surface area contributed by atoms with Crippen LogP contribution in [0.1, 0.15) is 53.0 Å². The van der Waals surface area contributed by atoms with E-state index in [2.05, 4.69) is 5.32 Å². The fourth-order valence-electron chi connectivity index (χ4n) is 6.09. The van der Waals surface area contributed by atoms with E-state index in [1.165, 1.54) is 19.1 Å². The highest BCUT2D eigenvalue weighted by molar-refractivity contribution is 6.35. The predicted octanol–water partition coefficient (Wildman–Crippen LogP) is 3.68. The minimum absolute atomic E-state index is 0.0380. The summed E-state index contributed by atoms with van der Waals surface area (Å²) in [6, 6.07) is 3.58. The first-order valence-electron chi connectivity index (χ1n) is 15.3. The number of rotatable bonds is 5. The number of allylic oxidation sites excluding steroid dienone is 3. The molecule has 4 rings (SSSR count). The second-order valence-corrected chi connectivity index (χ2v) is 13.3. The molecular weight excluding hydrogens is 620 g/mol. The van der Waals surface area contributed by atoms with Gasteiger partial charge in [0.25, 0.3) is 0 Å². The third-order valence-corrected chi connectivity index (χ3v) is 9.46. The number of aliphatic hydroxyl groups excluding tert-OH is 1. The van der Waals surface area contributed by atoms with Gasteiger partial charge in [0.05, 0.1) is 25.3 Å². The maximum atomic E-state index is 13.9. The highest BCUT2D eigenvalue weighted by Crippen LogP contribution is 2.49. The Bertz CT molecular complexity index is 1400. The molecule has 0 radical (unpaired) electrons. The number of alkyl carbamates (subject to hydrolysis) is 1. The standard InChI is InChI=1S/C33H45ClN2O10/c1-17(2)28(38)30(39)45-25-15-26(37)36(6)21-13-20(14-22(42-7)27(21)34)12-18(3)10-9-11-24(43-8)33(41)16-23(44-31(40)35-33)19(4)29-32(25,5)46-29/h9-11,13-14,17,19,23-25,28-29,38,41H,12,15-16H2,1-8H3,(H,35,40). The number of anilines is 1. The lowest BCUT2D eigenvalue weighted by atomic mass is 9.83. The summed E-state index contributed by atoms with van der Waals surface area (Å²) in [5.41, 5.74) is -0.851. The van der Waals surface area contributed by atoms with E-state index >= 15 is 0 Å². The van der Waals surface area contributed by atoms with Crippen molar-refractivity contribution in [2.75, 3.05) is 26.2 Å². The molecule has 3 heterocycles. The summed E-state index contributed by atoms with van der Waals surface area (Å²) in [6.45, 7) is 8.76. The van der Waals surface area contributed by atoms with Crippen LogP contribution in [0.25, 0.3) is 0 Å². The molecule has 1 aromatic carbocycles. The third-order valence-electron chi connectivity index (χ3n) is 9.08. The van der Waals surface area contributed by atoms with Gasteiger partial charge in [-0.2, -0.15) is 0 Å². The lowest BCUT2D eigenvalue weighted by Crippen LogP contribution is -2.63. The van der Waals surface area contributed by atoms with Gasteiger partial charge in [-0.15, -0.1) is 0 Å². The number of nitrogens with one attached hydrogen (secondary N) is 1. The minimum atomic E-state index is -1.81. The molecule has 3 N–H and O–H groups in total. The summed E-state index contributed by atoms with van der Waals surface area (Å²) >= 11 is 6.68. The van der Waals surface area contributed by atoms with E-state index in [-0.39, 0.29) is 17.9 Å². The highest BCUT2D eigenvalue weighted by Gasteiger charge is 2.64. The number of methoxy groups -OCH3 is 2. The Labute approximate surface area is 274 Å². The van der Waals surface area contributed by atoms with Gasteiger partial charge < -0.3 is 38.8 Å². The Morgan fingerprint density at radius 3 is 2.57 bits per heavy atom. The van der Waals surface area contributed by atoms with Gasteiger partial charge in [0.2, 0.25) is 5.91 Å². The van der Waals surface area contributed by atoms with Crippen molar-refractivity contribution in [1.29, 1.82) is 0 Å². The molecule has 0 aromatic heterocycles. The molecule has 4 bridgehead atoms. The topological polar surface area (TPSA) is 156 Å². The van der Waals surface area contributed by atoms with Gasteiger partial charge in [0, 0.05) is 26.5 Å². The maximum absolute atomic E-state index is 13.9. The number of hydrogen-bond acceptors (Lipinski definition) is 10. The molecule has 0 aliphatic carbocycles. The minimum Gasteiger partial charge on any atom is -0.495 e.